The number of hydrogen-bond donors (Lipinski definition) is 1. The lowest BCUT2D eigenvalue weighted by Gasteiger charge is -2.32. The molecule has 0 bridgehead atoms. The van der Waals surface area contributed by atoms with Crippen LogP contribution in [-0.4, -0.2) is 42.9 Å². The minimum Gasteiger partial charge on any atom is -0.378 e. The number of aromatic amines is 1. The Labute approximate surface area is 210 Å². The molecule has 36 heavy (non-hydrogen) atoms. The van der Waals surface area contributed by atoms with Crippen molar-refractivity contribution in [2.75, 3.05) is 41.1 Å². The molecule has 1 saturated heterocycles. The molecule has 6 rings (SSSR count). The highest BCUT2D eigenvalue weighted by molar-refractivity contribution is 6.44. The van der Waals surface area contributed by atoms with Crippen LogP contribution in [0.25, 0.3) is 10.9 Å². The van der Waals surface area contributed by atoms with Gasteiger partial charge in [-0.15, -0.1) is 5.10 Å². The first-order valence-corrected chi connectivity index (χ1v) is 12.3. The molecule has 1 N–H and O–H groups in total. The lowest BCUT2D eigenvalue weighted by molar-refractivity contribution is -0.111. The molecule has 2 aliphatic rings. The summed E-state index contributed by atoms with van der Waals surface area (Å²) in [7, 11) is 0. The summed E-state index contributed by atoms with van der Waals surface area (Å²) >= 11 is 0. The maximum absolute atomic E-state index is 12.9. The van der Waals surface area contributed by atoms with Crippen molar-refractivity contribution in [1.82, 2.24) is 4.98 Å². The largest absolute Gasteiger partial charge is 0.378 e. The van der Waals surface area contributed by atoms with E-state index in [4.69, 9.17) is 9.84 Å². The molecule has 0 radical (unpaired) electrons. The molecule has 0 unspecified atom stereocenters. The molecule has 0 saturated carbocycles. The van der Waals surface area contributed by atoms with Crippen LogP contribution in [-0.2, 0) is 9.53 Å². The number of carbonyl (C=O) groups excluding carboxylic acids is 1. The van der Waals surface area contributed by atoms with E-state index in [0.29, 0.717) is 5.84 Å². The molecule has 2 aliphatic heterocycles. The van der Waals surface area contributed by atoms with Crippen molar-refractivity contribution < 1.29 is 9.53 Å². The fraction of sp³-hybridized carbons (Fsp3) is 0.241. The number of anilines is 3. The number of aromatic nitrogens is 1. The highest BCUT2D eigenvalue weighted by atomic mass is 16.5. The van der Waals surface area contributed by atoms with Gasteiger partial charge in [0.25, 0.3) is 0 Å². The number of nitrogens with one attached hydrogen (secondary N) is 1. The van der Waals surface area contributed by atoms with E-state index >= 15 is 0 Å². The van der Waals surface area contributed by atoms with Gasteiger partial charge in [-0.2, -0.15) is 0 Å². The summed E-state index contributed by atoms with van der Waals surface area (Å²) < 4.78 is 5.51. The van der Waals surface area contributed by atoms with Crippen LogP contribution < -0.4 is 14.8 Å². The molecule has 182 valence electrons. The minimum atomic E-state index is -0.322. The summed E-state index contributed by atoms with van der Waals surface area (Å²) in [6, 6.07) is 24.9. The second-order valence-corrected chi connectivity index (χ2v) is 9.31. The van der Waals surface area contributed by atoms with Crippen molar-refractivity contribution >= 4 is 39.6 Å². The van der Waals surface area contributed by atoms with Crippen molar-refractivity contribution in [3.8, 4) is 0 Å². The molecule has 3 aromatic carbocycles. The molecule has 1 fully saturated rings. The van der Waals surface area contributed by atoms with Gasteiger partial charge < -0.3 is 14.6 Å². The van der Waals surface area contributed by atoms with Gasteiger partial charge in [-0.05, 0) is 49.4 Å². The van der Waals surface area contributed by atoms with Gasteiger partial charge in [0.1, 0.15) is 0 Å². The fourth-order valence-corrected chi connectivity index (χ4v) is 5.05. The standard InChI is InChI=1S/C29H29N5O2/c1-20-7-9-24(10-8-20)34-29(26-19-30-27-6-4-3-5-25(26)27)33(28(31-34)21(2)35)23-13-11-22(12-14-23)32-15-17-36-18-16-32/h3-14,19,29-30H,15-18H2,1-2H3/t29-/m1/s1. The average molecular weight is 480 g/mol. The van der Waals surface area contributed by atoms with Crippen molar-refractivity contribution in [1.29, 1.82) is 0 Å². The molecular weight excluding hydrogens is 450 g/mol. The summed E-state index contributed by atoms with van der Waals surface area (Å²) in [6.45, 7) is 6.88. The van der Waals surface area contributed by atoms with Crippen molar-refractivity contribution in [3.05, 3.63) is 90.1 Å². The summed E-state index contributed by atoms with van der Waals surface area (Å²) in [5.41, 5.74) is 6.29. The summed E-state index contributed by atoms with van der Waals surface area (Å²) in [5, 5.41) is 7.95. The van der Waals surface area contributed by atoms with E-state index in [1.165, 1.54) is 5.56 Å². The van der Waals surface area contributed by atoms with E-state index < -0.39 is 0 Å². The van der Waals surface area contributed by atoms with E-state index in [2.05, 4.69) is 82.4 Å². The third kappa shape index (κ3) is 3.91. The number of hydrogen-bond acceptors (Lipinski definition) is 6. The molecule has 7 nitrogen and oxygen atoms in total. The number of Topliss-reactive ketones (excluding diaryl/α,β-unsaturated/α-hetero) is 1. The molecular formula is C29H29N5O2. The number of morpholine rings is 1. The van der Waals surface area contributed by atoms with Crippen molar-refractivity contribution in [2.24, 2.45) is 5.10 Å². The van der Waals surface area contributed by atoms with Gasteiger partial charge in [0.2, 0.25) is 0 Å². The van der Waals surface area contributed by atoms with Gasteiger partial charge in [0, 0.05) is 54.1 Å². The molecule has 3 heterocycles. The van der Waals surface area contributed by atoms with Crippen LogP contribution in [0.2, 0.25) is 0 Å². The highest BCUT2D eigenvalue weighted by Crippen LogP contribution is 2.41. The molecule has 4 aromatic rings. The second-order valence-electron chi connectivity index (χ2n) is 9.31. The molecule has 1 aromatic heterocycles. The van der Waals surface area contributed by atoms with Crippen molar-refractivity contribution in [3.63, 3.8) is 0 Å². The first kappa shape index (κ1) is 22.4. The predicted octanol–water partition coefficient (Wildman–Crippen LogP) is 5.24. The minimum absolute atomic E-state index is 0.0771. The third-order valence-corrected chi connectivity index (χ3v) is 6.92. The Hall–Kier alpha value is -4.10. The maximum atomic E-state index is 12.9. The first-order chi connectivity index (χ1) is 17.6. The number of carbonyl (C=O) groups is 1. The van der Waals surface area contributed by atoms with Crippen molar-refractivity contribution in [2.45, 2.75) is 20.0 Å². The maximum Gasteiger partial charge on any atom is 0.198 e. The summed E-state index contributed by atoms with van der Waals surface area (Å²) in [4.78, 5) is 20.7. The van der Waals surface area contributed by atoms with Crippen LogP contribution in [0.1, 0.15) is 24.2 Å². The van der Waals surface area contributed by atoms with Gasteiger partial charge in [0.05, 0.1) is 18.9 Å². The molecule has 0 spiro atoms. The van der Waals surface area contributed by atoms with Crippen LogP contribution in [0.3, 0.4) is 0 Å². The Kier molecular flexibility index (Phi) is 5.70. The Morgan fingerprint density at radius 3 is 2.31 bits per heavy atom. The Morgan fingerprint density at radius 1 is 0.917 bits per heavy atom. The highest BCUT2D eigenvalue weighted by Gasteiger charge is 2.40. The van der Waals surface area contributed by atoms with Crippen LogP contribution in [0.4, 0.5) is 17.1 Å². The smallest absolute Gasteiger partial charge is 0.198 e. The number of hydrazone groups is 1. The van der Waals surface area contributed by atoms with Gasteiger partial charge in [-0.3, -0.25) is 9.69 Å². The quantitative estimate of drug-likeness (QED) is 0.424. The number of fused-ring (bicyclic) bond motifs is 1. The zero-order chi connectivity index (χ0) is 24.6. The average Bonchev–Trinajstić information content (AvgIpc) is 3.52. The van der Waals surface area contributed by atoms with Gasteiger partial charge in [-0.25, -0.2) is 5.01 Å². The first-order valence-electron chi connectivity index (χ1n) is 12.3. The number of aryl methyl sites for hydroxylation is 1. The number of nitrogens with zero attached hydrogens (tertiary/aromatic N) is 4. The lowest BCUT2D eigenvalue weighted by atomic mass is 10.1. The number of ether oxygens (including phenoxy) is 1. The normalized spacial score (nSPS) is 18.1. The number of para-hydroxylation sites is 1. The molecule has 1 atom stereocenters. The Morgan fingerprint density at radius 2 is 1.58 bits per heavy atom. The lowest BCUT2D eigenvalue weighted by Crippen LogP contribution is -2.38. The molecule has 0 amide bonds. The monoisotopic (exact) mass is 479 g/mol. The summed E-state index contributed by atoms with van der Waals surface area (Å²) in [5.74, 6) is 0.344. The molecule has 0 aliphatic carbocycles. The number of ketones is 1. The van der Waals surface area contributed by atoms with E-state index in [-0.39, 0.29) is 11.9 Å². The van der Waals surface area contributed by atoms with Gasteiger partial charge in [0.15, 0.2) is 17.8 Å². The zero-order valence-electron chi connectivity index (χ0n) is 20.5. The predicted molar refractivity (Wildman–Crippen MR) is 145 cm³/mol. The fourth-order valence-electron chi connectivity index (χ4n) is 5.05. The Bertz CT molecular complexity index is 1420. The SMILES string of the molecule is CC(=O)C1=NN(c2ccc(C)cc2)[C@H](c2c[nH]c3ccccc23)N1c1ccc(N2CCOCC2)cc1. The second kappa shape index (κ2) is 9.17. The van der Waals surface area contributed by atoms with Crippen LogP contribution >= 0.6 is 0 Å². The number of H-pyrrole nitrogens is 1. The van der Waals surface area contributed by atoms with E-state index in [1.807, 2.05) is 23.3 Å². The number of amidine groups is 1. The van der Waals surface area contributed by atoms with E-state index in [0.717, 1.165) is 59.8 Å². The number of benzene rings is 3. The topological polar surface area (TPSA) is 64.2 Å². The van der Waals surface area contributed by atoms with E-state index in [1.54, 1.807) is 6.92 Å². The van der Waals surface area contributed by atoms with Crippen LogP contribution in [0.15, 0.2) is 84.1 Å². The van der Waals surface area contributed by atoms with Gasteiger partial charge in [-0.1, -0.05) is 35.9 Å². The third-order valence-electron chi connectivity index (χ3n) is 6.92. The zero-order valence-corrected chi connectivity index (χ0v) is 20.5. The van der Waals surface area contributed by atoms with E-state index in [9.17, 15) is 4.79 Å². The van der Waals surface area contributed by atoms with Crippen LogP contribution in [0.5, 0.6) is 0 Å². The van der Waals surface area contributed by atoms with Gasteiger partial charge >= 0.3 is 0 Å². The number of rotatable bonds is 5. The molecule has 7 heteroatoms. The Balaban J connectivity index is 1.47. The van der Waals surface area contributed by atoms with Crippen LogP contribution in [0, 0.1) is 6.92 Å². The summed E-state index contributed by atoms with van der Waals surface area (Å²) in [6.07, 6.45) is 1.71.